The second-order valence-electron chi connectivity index (χ2n) is 3.96. The lowest BCUT2D eigenvalue weighted by Crippen LogP contribution is -2.05. The first-order valence-corrected chi connectivity index (χ1v) is 6.83. The monoisotopic (exact) mass is 343 g/mol. The molecule has 0 saturated carbocycles. The highest BCUT2D eigenvalue weighted by Crippen LogP contribution is 2.29. The lowest BCUT2D eigenvalue weighted by atomic mass is 10.2. The maximum absolute atomic E-state index is 13.1. The van der Waals surface area contributed by atoms with E-state index in [0.717, 1.165) is 5.56 Å². The van der Waals surface area contributed by atoms with E-state index in [4.69, 9.17) is 16.3 Å². The normalized spacial score (nSPS) is 10.5. The Morgan fingerprint density at radius 2 is 1.89 bits per heavy atom. The fraction of sp³-hybridized carbons (Fsp3) is 0.143. The molecule has 0 bridgehead atoms. The summed E-state index contributed by atoms with van der Waals surface area (Å²) in [6, 6.07) is 9.95. The Kier molecular flexibility index (Phi) is 4.80. The Hall–Kier alpha value is -1.10. The van der Waals surface area contributed by atoms with Crippen molar-refractivity contribution < 1.29 is 9.13 Å². The van der Waals surface area contributed by atoms with Gasteiger partial charge in [-0.2, -0.15) is 0 Å². The van der Waals surface area contributed by atoms with E-state index in [-0.39, 0.29) is 5.82 Å². The SMILES string of the molecule is CNCc1ccc(Oc2ccc(F)c(Br)c2)cc1Cl. The molecule has 2 rings (SSSR count). The Bertz CT molecular complexity index is 592. The molecule has 0 amide bonds. The van der Waals surface area contributed by atoms with E-state index >= 15 is 0 Å². The molecule has 2 aromatic rings. The Morgan fingerprint density at radius 3 is 2.53 bits per heavy atom. The van der Waals surface area contributed by atoms with Crippen LogP contribution in [-0.4, -0.2) is 7.05 Å². The molecule has 0 radical (unpaired) electrons. The standard InChI is InChI=1S/C14H12BrClFNO/c1-18-8-9-2-3-11(7-13(9)16)19-10-4-5-14(17)12(15)6-10/h2-7,18H,8H2,1H3. The summed E-state index contributed by atoms with van der Waals surface area (Å²) in [5.74, 6) is 0.837. The molecule has 19 heavy (non-hydrogen) atoms. The van der Waals surface area contributed by atoms with Crippen LogP contribution in [0.5, 0.6) is 11.5 Å². The van der Waals surface area contributed by atoms with E-state index in [9.17, 15) is 4.39 Å². The average Bonchev–Trinajstić information content (AvgIpc) is 2.37. The van der Waals surface area contributed by atoms with Crippen molar-refractivity contribution in [2.75, 3.05) is 7.05 Å². The van der Waals surface area contributed by atoms with Crippen LogP contribution in [-0.2, 0) is 6.54 Å². The van der Waals surface area contributed by atoms with Crippen LogP contribution >= 0.6 is 27.5 Å². The van der Waals surface area contributed by atoms with Crippen LogP contribution in [0.15, 0.2) is 40.9 Å². The van der Waals surface area contributed by atoms with Gasteiger partial charge in [0.1, 0.15) is 17.3 Å². The highest BCUT2D eigenvalue weighted by Gasteiger charge is 2.05. The third-order valence-corrected chi connectivity index (χ3v) is 3.48. The number of hydrogen-bond donors (Lipinski definition) is 1. The van der Waals surface area contributed by atoms with Gasteiger partial charge in [0, 0.05) is 11.6 Å². The fourth-order valence-corrected chi connectivity index (χ4v) is 2.20. The van der Waals surface area contributed by atoms with Crippen molar-refractivity contribution in [3.63, 3.8) is 0 Å². The van der Waals surface area contributed by atoms with Gasteiger partial charge in [0.25, 0.3) is 0 Å². The number of benzene rings is 2. The largest absolute Gasteiger partial charge is 0.457 e. The molecular weight excluding hydrogens is 333 g/mol. The maximum atomic E-state index is 13.1. The predicted molar refractivity (Wildman–Crippen MR) is 78.4 cm³/mol. The quantitative estimate of drug-likeness (QED) is 0.864. The van der Waals surface area contributed by atoms with Gasteiger partial charge in [-0.05, 0) is 58.9 Å². The zero-order valence-electron chi connectivity index (χ0n) is 10.2. The van der Waals surface area contributed by atoms with E-state index in [0.29, 0.717) is 27.5 Å². The summed E-state index contributed by atoms with van der Waals surface area (Å²) in [4.78, 5) is 0. The van der Waals surface area contributed by atoms with Gasteiger partial charge in [-0.15, -0.1) is 0 Å². The van der Waals surface area contributed by atoms with Crippen molar-refractivity contribution in [2.24, 2.45) is 0 Å². The number of ether oxygens (including phenoxy) is 1. The van der Waals surface area contributed by atoms with Gasteiger partial charge in [-0.3, -0.25) is 0 Å². The molecule has 5 heteroatoms. The predicted octanol–water partition coefficient (Wildman–Crippen LogP) is 4.75. The molecular formula is C14H12BrClFNO. The molecule has 0 aliphatic heterocycles. The van der Waals surface area contributed by atoms with Gasteiger partial charge >= 0.3 is 0 Å². The molecule has 2 nitrogen and oxygen atoms in total. The zero-order valence-corrected chi connectivity index (χ0v) is 12.6. The van der Waals surface area contributed by atoms with Crippen molar-refractivity contribution in [2.45, 2.75) is 6.54 Å². The fourth-order valence-electron chi connectivity index (χ4n) is 1.60. The summed E-state index contributed by atoms with van der Waals surface area (Å²) in [6.45, 7) is 0.696. The number of nitrogens with one attached hydrogen (secondary N) is 1. The number of hydrogen-bond acceptors (Lipinski definition) is 2. The third-order valence-electron chi connectivity index (χ3n) is 2.52. The van der Waals surface area contributed by atoms with Gasteiger partial charge in [-0.1, -0.05) is 17.7 Å². The molecule has 0 aromatic heterocycles. The highest BCUT2D eigenvalue weighted by atomic mass is 79.9. The van der Waals surface area contributed by atoms with E-state index in [1.54, 1.807) is 18.2 Å². The molecule has 0 unspecified atom stereocenters. The lowest BCUT2D eigenvalue weighted by molar-refractivity contribution is 0.479. The summed E-state index contributed by atoms with van der Waals surface area (Å²) in [6.07, 6.45) is 0. The Labute approximate surface area is 124 Å². The summed E-state index contributed by atoms with van der Waals surface area (Å²) in [7, 11) is 1.86. The molecule has 0 aliphatic carbocycles. The van der Waals surface area contributed by atoms with Gasteiger partial charge in [0.05, 0.1) is 4.47 Å². The second-order valence-corrected chi connectivity index (χ2v) is 5.22. The minimum atomic E-state index is -0.324. The van der Waals surface area contributed by atoms with Crippen LogP contribution in [0, 0.1) is 5.82 Å². The summed E-state index contributed by atoms with van der Waals surface area (Å²) in [5, 5.41) is 3.67. The summed E-state index contributed by atoms with van der Waals surface area (Å²) in [5.41, 5.74) is 0.997. The smallest absolute Gasteiger partial charge is 0.137 e. The highest BCUT2D eigenvalue weighted by molar-refractivity contribution is 9.10. The molecule has 100 valence electrons. The van der Waals surface area contributed by atoms with Crippen molar-refractivity contribution in [3.8, 4) is 11.5 Å². The van der Waals surface area contributed by atoms with Crippen molar-refractivity contribution in [1.82, 2.24) is 5.32 Å². The van der Waals surface area contributed by atoms with Crippen LogP contribution in [0.1, 0.15) is 5.56 Å². The zero-order chi connectivity index (χ0) is 13.8. The number of rotatable bonds is 4. The topological polar surface area (TPSA) is 21.3 Å². The first-order chi connectivity index (χ1) is 9.10. The molecule has 0 heterocycles. The molecule has 1 N–H and O–H groups in total. The van der Waals surface area contributed by atoms with E-state index in [1.807, 2.05) is 19.2 Å². The summed E-state index contributed by atoms with van der Waals surface area (Å²) < 4.78 is 19.1. The first-order valence-electron chi connectivity index (χ1n) is 5.66. The van der Waals surface area contributed by atoms with Gasteiger partial charge < -0.3 is 10.1 Å². The summed E-state index contributed by atoms with van der Waals surface area (Å²) >= 11 is 9.26. The lowest BCUT2D eigenvalue weighted by Gasteiger charge is -2.09. The Morgan fingerprint density at radius 1 is 1.21 bits per heavy atom. The second kappa shape index (κ2) is 6.37. The van der Waals surface area contributed by atoms with E-state index < -0.39 is 0 Å². The van der Waals surface area contributed by atoms with Crippen molar-refractivity contribution in [3.05, 3.63) is 57.3 Å². The van der Waals surface area contributed by atoms with Gasteiger partial charge in [0.2, 0.25) is 0 Å². The average molecular weight is 345 g/mol. The maximum Gasteiger partial charge on any atom is 0.137 e. The minimum absolute atomic E-state index is 0.324. The molecule has 2 aromatic carbocycles. The number of halogens is 3. The molecule has 0 spiro atoms. The molecule has 0 fully saturated rings. The molecule has 0 aliphatic rings. The molecule has 0 atom stereocenters. The van der Waals surface area contributed by atoms with Crippen LogP contribution < -0.4 is 10.1 Å². The van der Waals surface area contributed by atoms with Crippen LogP contribution in [0.3, 0.4) is 0 Å². The van der Waals surface area contributed by atoms with Crippen LogP contribution in [0.4, 0.5) is 4.39 Å². The van der Waals surface area contributed by atoms with Crippen LogP contribution in [0.2, 0.25) is 5.02 Å². The van der Waals surface area contributed by atoms with Crippen LogP contribution in [0.25, 0.3) is 0 Å². The minimum Gasteiger partial charge on any atom is -0.457 e. The van der Waals surface area contributed by atoms with Gasteiger partial charge in [-0.25, -0.2) is 4.39 Å². The van der Waals surface area contributed by atoms with Crippen molar-refractivity contribution in [1.29, 1.82) is 0 Å². The van der Waals surface area contributed by atoms with E-state index in [2.05, 4.69) is 21.2 Å². The van der Waals surface area contributed by atoms with Gasteiger partial charge in [0.15, 0.2) is 0 Å². The van der Waals surface area contributed by atoms with Crippen molar-refractivity contribution >= 4 is 27.5 Å². The van der Waals surface area contributed by atoms with E-state index in [1.165, 1.54) is 6.07 Å². The Balaban J connectivity index is 2.19. The first kappa shape index (κ1) is 14.3. The molecule has 0 saturated heterocycles. The third kappa shape index (κ3) is 3.69.